The fourth-order valence-electron chi connectivity index (χ4n) is 2.55. The Morgan fingerprint density at radius 1 is 1.24 bits per heavy atom. The van der Waals surface area contributed by atoms with Gasteiger partial charge in [-0.25, -0.2) is 14.6 Å². The molecule has 7 heteroatoms. The molecular weight excluding hydrogens is 334 g/mol. The summed E-state index contributed by atoms with van der Waals surface area (Å²) in [6.45, 7) is 2.01. The van der Waals surface area contributed by atoms with Crippen molar-refractivity contribution in [3.8, 4) is 5.69 Å². The zero-order chi connectivity index (χ0) is 17.8. The molecule has 0 saturated carbocycles. The van der Waals surface area contributed by atoms with Gasteiger partial charge in [0.2, 0.25) is 0 Å². The van der Waals surface area contributed by atoms with Gasteiger partial charge >= 0.3 is 0 Å². The van der Waals surface area contributed by atoms with Gasteiger partial charge in [-0.2, -0.15) is 5.10 Å². The van der Waals surface area contributed by atoms with Gasteiger partial charge < -0.3 is 4.90 Å². The summed E-state index contributed by atoms with van der Waals surface area (Å²) in [6.07, 6.45) is 6.78. The molecule has 0 N–H and O–H groups in total. The Hall–Kier alpha value is -2.67. The first-order valence-corrected chi connectivity index (χ1v) is 9.05. The lowest BCUT2D eigenvalue weighted by molar-refractivity contribution is 0.0738. The third kappa shape index (κ3) is 3.56. The van der Waals surface area contributed by atoms with Crippen LogP contribution in [0.1, 0.15) is 28.9 Å². The Labute approximate surface area is 150 Å². The third-order valence-electron chi connectivity index (χ3n) is 4.15. The van der Waals surface area contributed by atoms with E-state index in [0.29, 0.717) is 5.56 Å². The quantitative estimate of drug-likeness (QED) is 0.659. The summed E-state index contributed by atoms with van der Waals surface area (Å²) >= 11 is 1.47. The highest BCUT2D eigenvalue weighted by Gasteiger charge is 2.21. The van der Waals surface area contributed by atoms with Gasteiger partial charge in [-0.1, -0.05) is 12.1 Å². The Morgan fingerprint density at radius 2 is 2.00 bits per heavy atom. The van der Waals surface area contributed by atoms with Gasteiger partial charge in [0, 0.05) is 13.2 Å². The van der Waals surface area contributed by atoms with E-state index in [4.69, 9.17) is 0 Å². The molecular formula is C18H19N5OS. The molecule has 1 atom stereocenters. The number of aromatic nitrogens is 4. The topological polar surface area (TPSA) is 63.9 Å². The van der Waals surface area contributed by atoms with Crippen LogP contribution in [0.25, 0.3) is 5.69 Å². The van der Waals surface area contributed by atoms with Crippen molar-refractivity contribution in [2.24, 2.45) is 0 Å². The molecule has 1 aromatic carbocycles. The number of carbonyl (C=O) groups is 1. The number of benzene rings is 1. The summed E-state index contributed by atoms with van der Waals surface area (Å²) in [5, 5.41) is 4.86. The van der Waals surface area contributed by atoms with Gasteiger partial charge in [0.25, 0.3) is 5.91 Å². The molecule has 3 aromatic rings. The molecule has 3 rings (SSSR count). The predicted molar refractivity (Wildman–Crippen MR) is 97.9 cm³/mol. The van der Waals surface area contributed by atoms with Crippen molar-refractivity contribution in [2.45, 2.75) is 18.0 Å². The standard InChI is InChI=1S/C18H19N5OS/c1-13(14-6-8-15(9-7-14)23-12-19-11-21-23)22(2)18(24)16-5-4-10-20-17(16)25-3/h4-13H,1-3H3. The maximum atomic E-state index is 12.8. The van der Waals surface area contributed by atoms with Gasteiger partial charge in [0.05, 0.1) is 17.3 Å². The number of rotatable bonds is 5. The van der Waals surface area contributed by atoms with Gasteiger partial charge in [-0.15, -0.1) is 11.8 Å². The second-order valence-electron chi connectivity index (χ2n) is 5.58. The maximum absolute atomic E-state index is 12.8. The van der Waals surface area contributed by atoms with E-state index < -0.39 is 0 Å². The van der Waals surface area contributed by atoms with Crippen molar-refractivity contribution in [3.63, 3.8) is 0 Å². The minimum absolute atomic E-state index is 0.0368. The number of amides is 1. The van der Waals surface area contributed by atoms with Crippen molar-refractivity contribution < 1.29 is 4.79 Å². The molecule has 2 heterocycles. The molecule has 0 aliphatic rings. The van der Waals surface area contributed by atoms with E-state index in [9.17, 15) is 4.79 Å². The van der Waals surface area contributed by atoms with E-state index >= 15 is 0 Å². The number of nitrogens with zero attached hydrogens (tertiary/aromatic N) is 5. The monoisotopic (exact) mass is 353 g/mol. The molecule has 6 nitrogen and oxygen atoms in total. The van der Waals surface area contributed by atoms with Crippen LogP contribution in [0.3, 0.4) is 0 Å². The molecule has 0 saturated heterocycles. The lowest BCUT2D eigenvalue weighted by atomic mass is 10.1. The molecule has 1 amide bonds. The van der Waals surface area contributed by atoms with E-state index in [2.05, 4.69) is 15.1 Å². The highest BCUT2D eigenvalue weighted by Crippen LogP contribution is 2.24. The lowest BCUT2D eigenvalue weighted by Crippen LogP contribution is -2.30. The van der Waals surface area contributed by atoms with E-state index in [-0.39, 0.29) is 11.9 Å². The predicted octanol–water partition coefficient (Wildman–Crippen LogP) is 3.22. The van der Waals surface area contributed by atoms with Crippen LogP contribution >= 0.6 is 11.8 Å². The zero-order valence-corrected chi connectivity index (χ0v) is 15.1. The minimum Gasteiger partial charge on any atom is -0.335 e. The molecule has 0 spiro atoms. The molecule has 0 radical (unpaired) electrons. The van der Waals surface area contributed by atoms with Crippen molar-refractivity contribution in [3.05, 3.63) is 66.4 Å². The second-order valence-corrected chi connectivity index (χ2v) is 6.38. The molecule has 0 aliphatic carbocycles. The summed E-state index contributed by atoms with van der Waals surface area (Å²) in [7, 11) is 1.81. The van der Waals surface area contributed by atoms with Crippen LogP contribution in [-0.2, 0) is 0 Å². The van der Waals surface area contributed by atoms with Gasteiger partial charge in [0.15, 0.2) is 0 Å². The number of hydrogen-bond donors (Lipinski definition) is 0. The molecule has 2 aromatic heterocycles. The van der Waals surface area contributed by atoms with Crippen molar-refractivity contribution >= 4 is 17.7 Å². The molecule has 0 bridgehead atoms. The van der Waals surface area contributed by atoms with Crippen LogP contribution < -0.4 is 0 Å². The van der Waals surface area contributed by atoms with E-state index in [1.54, 1.807) is 28.2 Å². The van der Waals surface area contributed by atoms with E-state index in [1.165, 1.54) is 18.1 Å². The molecule has 128 valence electrons. The first kappa shape index (κ1) is 17.2. The van der Waals surface area contributed by atoms with Crippen LogP contribution in [0.5, 0.6) is 0 Å². The summed E-state index contributed by atoms with van der Waals surface area (Å²) in [5.41, 5.74) is 2.61. The Balaban J connectivity index is 1.80. The fraction of sp³-hybridized carbons (Fsp3) is 0.222. The molecule has 0 aliphatic heterocycles. The maximum Gasteiger partial charge on any atom is 0.256 e. The Morgan fingerprint density at radius 3 is 2.64 bits per heavy atom. The first-order valence-electron chi connectivity index (χ1n) is 7.83. The van der Waals surface area contributed by atoms with Crippen molar-refractivity contribution in [2.75, 3.05) is 13.3 Å². The highest BCUT2D eigenvalue weighted by molar-refractivity contribution is 7.98. The molecule has 25 heavy (non-hydrogen) atoms. The summed E-state index contributed by atoms with van der Waals surface area (Å²) in [5.74, 6) is -0.0368. The SMILES string of the molecule is CSc1ncccc1C(=O)N(C)C(C)c1ccc(-n2cncn2)cc1. The lowest BCUT2D eigenvalue weighted by Gasteiger charge is -2.26. The first-order chi connectivity index (χ1) is 12.1. The average molecular weight is 353 g/mol. The fourth-order valence-corrected chi connectivity index (χ4v) is 3.09. The highest BCUT2D eigenvalue weighted by atomic mass is 32.2. The van der Waals surface area contributed by atoms with Crippen LogP contribution in [0.4, 0.5) is 0 Å². The van der Waals surface area contributed by atoms with Crippen LogP contribution in [0, 0.1) is 0 Å². The van der Waals surface area contributed by atoms with Crippen molar-refractivity contribution in [1.29, 1.82) is 0 Å². The largest absolute Gasteiger partial charge is 0.335 e. The smallest absolute Gasteiger partial charge is 0.256 e. The number of pyridine rings is 1. The van der Waals surface area contributed by atoms with Crippen LogP contribution in [-0.4, -0.2) is 43.9 Å². The number of carbonyl (C=O) groups excluding carboxylic acids is 1. The van der Waals surface area contributed by atoms with E-state index in [0.717, 1.165) is 16.3 Å². The minimum atomic E-state index is -0.0628. The molecule has 0 fully saturated rings. The Bertz CT molecular complexity index is 848. The summed E-state index contributed by atoms with van der Waals surface area (Å²) in [6, 6.07) is 11.5. The molecule has 1 unspecified atom stereocenters. The summed E-state index contributed by atoms with van der Waals surface area (Å²) < 4.78 is 1.70. The van der Waals surface area contributed by atoms with Gasteiger partial charge in [-0.3, -0.25) is 4.79 Å². The third-order valence-corrected chi connectivity index (χ3v) is 4.87. The van der Waals surface area contributed by atoms with E-state index in [1.807, 2.05) is 50.6 Å². The second kappa shape index (κ2) is 7.48. The van der Waals surface area contributed by atoms with Gasteiger partial charge in [-0.05, 0) is 43.0 Å². The zero-order valence-electron chi connectivity index (χ0n) is 14.3. The number of thioether (sulfide) groups is 1. The number of hydrogen-bond acceptors (Lipinski definition) is 5. The normalized spacial score (nSPS) is 12.0. The average Bonchev–Trinajstić information content (AvgIpc) is 3.21. The van der Waals surface area contributed by atoms with Crippen molar-refractivity contribution in [1.82, 2.24) is 24.6 Å². The van der Waals surface area contributed by atoms with Gasteiger partial charge in [0.1, 0.15) is 17.7 Å². The van der Waals surface area contributed by atoms with Crippen LogP contribution in [0.15, 0.2) is 60.3 Å². The van der Waals surface area contributed by atoms with Crippen LogP contribution in [0.2, 0.25) is 0 Å². The summed E-state index contributed by atoms with van der Waals surface area (Å²) in [4.78, 5) is 22.8. The Kier molecular flexibility index (Phi) is 5.14.